The molecule has 0 spiro atoms. The highest BCUT2D eigenvalue weighted by Crippen LogP contribution is 2.28. The van der Waals surface area contributed by atoms with Crippen molar-refractivity contribution in [3.05, 3.63) is 89.7 Å². The van der Waals surface area contributed by atoms with E-state index in [-0.39, 0.29) is 17.2 Å². The van der Waals surface area contributed by atoms with Crippen LogP contribution < -0.4 is 20.2 Å². The van der Waals surface area contributed by atoms with Crippen molar-refractivity contribution in [3.63, 3.8) is 0 Å². The lowest BCUT2D eigenvalue weighted by Crippen LogP contribution is -2.32. The van der Waals surface area contributed by atoms with Gasteiger partial charge in [-0.25, -0.2) is 14.6 Å². The molecule has 0 aliphatic heterocycles. The molecule has 9 heteroatoms. The molecule has 0 saturated carbocycles. The van der Waals surface area contributed by atoms with Gasteiger partial charge < -0.3 is 14.8 Å². The van der Waals surface area contributed by atoms with E-state index in [2.05, 4.69) is 15.8 Å². The molecular formula is C23H18FN3O5. The highest BCUT2D eigenvalue weighted by Gasteiger charge is 2.14. The normalized spacial score (nSPS) is 10.4. The lowest BCUT2D eigenvalue weighted by Gasteiger charge is -2.10. The largest absolute Gasteiger partial charge is 0.493 e. The lowest BCUT2D eigenvalue weighted by atomic mass is 10.2. The summed E-state index contributed by atoms with van der Waals surface area (Å²) in [6.07, 6.45) is 1.29. The average molecular weight is 435 g/mol. The molecule has 0 unspecified atom stereocenters. The van der Waals surface area contributed by atoms with Gasteiger partial charge in [-0.2, -0.15) is 5.10 Å². The fourth-order valence-electron chi connectivity index (χ4n) is 2.52. The Morgan fingerprint density at radius 1 is 0.906 bits per heavy atom. The number of benzene rings is 3. The van der Waals surface area contributed by atoms with Crippen LogP contribution in [0.2, 0.25) is 0 Å². The minimum Gasteiger partial charge on any atom is -0.493 e. The van der Waals surface area contributed by atoms with Crippen molar-refractivity contribution in [2.75, 3.05) is 12.4 Å². The van der Waals surface area contributed by atoms with E-state index in [4.69, 9.17) is 9.47 Å². The van der Waals surface area contributed by atoms with E-state index in [1.54, 1.807) is 42.5 Å². The predicted octanol–water partition coefficient (Wildman–Crippen LogP) is 3.14. The maximum absolute atomic E-state index is 12.9. The first-order valence-electron chi connectivity index (χ1n) is 9.31. The van der Waals surface area contributed by atoms with Gasteiger partial charge in [-0.3, -0.25) is 9.59 Å². The minimum atomic E-state index is -1.01. The molecule has 162 valence electrons. The maximum atomic E-state index is 12.9. The van der Waals surface area contributed by atoms with Crippen molar-refractivity contribution in [1.29, 1.82) is 0 Å². The van der Waals surface area contributed by atoms with Crippen LogP contribution in [0.5, 0.6) is 11.5 Å². The van der Waals surface area contributed by atoms with Gasteiger partial charge in [0, 0.05) is 5.69 Å². The number of hydrazone groups is 1. The number of ether oxygens (including phenoxy) is 2. The number of rotatable bonds is 6. The van der Waals surface area contributed by atoms with Crippen molar-refractivity contribution in [3.8, 4) is 11.5 Å². The summed E-state index contributed by atoms with van der Waals surface area (Å²) in [7, 11) is 1.41. The summed E-state index contributed by atoms with van der Waals surface area (Å²) in [6, 6.07) is 18.1. The number of nitrogens with zero attached hydrogens (tertiary/aromatic N) is 1. The van der Waals surface area contributed by atoms with E-state index in [1.807, 2.05) is 0 Å². The van der Waals surface area contributed by atoms with Gasteiger partial charge in [-0.15, -0.1) is 0 Å². The van der Waals surface area contributed by atoms with Crippen molar-refractivity contribution >= 4 is 29.7 Å². The van der Waals surface area contributed by atoms with Gasteiger partial charge in [0.15, 0.2) is 11.5 Å². The standard InChI is InChI=1S/C23H18FN3O5/c1-31-20-13-15(7-12-19(20)32-23(30)16-5-3-2-4-6-16)14-25-27-22(29)21(28)26-18-10-8-17(24)9-11-18/h2-14H,1H3,(H,26,28)(H,27,29)/b25-14+. The van der Waals surface area contributed by atoms with E-state index >= 15 is 0 Å². The van der Waals surface area contributed by atoms with E-state index in [9.17, 15) is 18.8 Å². The summed E-state index contributed by atoms with van der Waals surface area (Å²) in [5.41, 5.74) is 3.26. The maximum Gasteiger partial charge on any atom is 0.343 e. The topological polar surface area (TPSA) is 106 Å². The summed E-state index contributed by atoms with van der Waals surface area (Å²) in [5, 5.41) is 6.04. The molecule has 32 heavy (non-hydrogen) atoms. The number of hydrogen-bond acceptors (Lipinski definition) is 6. The number of nitrogens with one attached hydrogen (secondary N) is 2. The van der Waals surface area contributed by atoms with Crippen molar-refractivity contribution in [2.45, 2.75) is 0 Å². The highest BCUT2D eigenvalue weighted by molar-refractivity contribution is 6.39. The molecule has 0 atom stereocenters. The Bertz CT molecular complexity index is 1150. The Morgan fingerprint density at radius 3 is 2.31 bits per heavy atom. The molecule has 0 aliphatic carbocycles. The quantitative estimate of drug-likeness (QED) is 0.203. The Hall–Kier alpha value is -4.53. The predicted molar refractivity (Wildman–Crippen MR) is 115 cm³/mol. The Kier molecular flexibility index (Phi) is 7.26. The molecule has 0 aromatic heterocycles. The van der Waals surface area contributed by atoms with Crippen LogP contribution >= 0.6 is 0 Å². The second-order valence-corrected chi connectivity index (χ2v) is 6.33. The molecule has 3 aromatic carbocycles. The van der Waals surface area contributed by atoms with Crippen LogP contribution in [0.3, 0.4) is 0 Å². The number of carbonyl (C=O) groups is 3. The third-order valence-electron chi connectivity index (χ3n) is 4.09. The number of esters is 1. The van der Waals surface area contributed by atoms with Crippen molar-refractivity contribution < 1.29 is 28.2 Å². The van der Waals surface area contributed by atoms with E-state index in [1.165, 1.54) is 31.5 Å². The summed E-state index contributed by atoms with van der Waals surface area (Å²) in [6.45, 7) is 0. The van der Waals surface area contributed by atoms with Crippen molar-refractivity contribution in [2.24, 2.45) is 5.10 Å². The molecule has 0 aliphatic rings. The first-order chi connectivity index (χ1) is 15.5. The fourth-order valence-corrected chi connectivity index (χ4v) is 2.52. The third-order valence-corrected chi connectivity index (χ3v) is 4.09. The number of halogens is 1. The Labute approximate surface area is 182 Å². The molecule has 3 rings (SSSR count). The second-order valence-electron chi connectivity index (χ2n) is 6.33. The molecule has 3 aromatic rings. The molecule has 0 heterocycles. The second kappa shape index (κ2) is 10.5. The number of hydrogen-bond donors (Lipinski definition) is 2. The van der Waals surface area contributed by atoms with Crippen LogP contribution in [0.25, 0.3) is 0 Å². The zero-order valence-corrected chi connectivity index (χ0v) is 16.9. The molecular weight excluding hydrogens is 417 g/mol. The Balaban J connectivity index is 1.59. The molecule has 0 radical (unpaired) electrons. The first-order valence-corrected chi connectivity index (χ1v) is 9.31. The van der Waals surface area contributed by atoms with Crippen LogP contribution in [-0.4, -0.2) is 31.1 Å². The van der Waals surface area contributed by atoms with Crippen LogP contribution in [0.15, 0.2) is 77.9 Å². The Morgan fingerprint density at radius 2 is 1.62 bits per heavy atom. The zero-order valence-electron chi connectivity index (χ0n) is 16.9. The van der Waals surface area contributed by atoms with Crippen LogP contribution in [-0.2, 0) is 9.59 Å². The van der Waals surface area contributed by atoms with Gasteiger partial charge in [0.05, 0.1) is 18.9 Å². The third kappa shape index (κ3) is 5.99. The summed E-state index contributed by atoms with van der Waals surface area (Å²) in [4.78, 5) is 35.9. The van der Waals surface area contributed by atoms with E-state index in [0.29, 0.717) is 11.1 Å². The molecule has 0 fully saturated rings. The van der Waals surface area contributed by atoms with E-state index < -0.39 is 23.6 Å². The van der Waals surface area contributed by atoms with Crippen LogP contribution in [0.1, 0.15) is 15.9 Å². The van der Waals surface area contributed by atoms with Gasteiger partial charge in [-0.05, 0) is 60.2 Å². The monoisotopic (exact) mass is 435 g/mol. The highest BCUT2D eigenvalue weighted by atomic mass is 19.1. The van der Waals surface area contributed by atoms with Gasteiger partial charge in [0.1, 0.15) is 5.82 Å². The lowest BCUT2D eigenvalue weighted by molar-refractivity contribution is -0.136. The zero-order chi connectivity index (χ0) is 22.9. The molecule has 8 nitrogen and oxygen atoms in total. The number of amides is 2. The van der Waals surface area contributed by atoms with E-state index in [0.717, 1.165) is 12.1 Å². The van der Waals surface area contributed by atoms with Crippen molar-refractivity contribution in [1.82, 2.24) is 5.43 Å². The smallest absolute Gasteiger partial charge is 0.343 e. The number of methoxy groups -OCH3 is 1. The van der Waals surface area contributed by atoms with Gasteiger partial charge in [0.2, 0.25) is 0 Å². The summed E-state index contributed by atoms with van der Waals surface area (Å²) < 4.78 is 23.5. The average Bonchev–Trinajstić information content (AvgIpc) is 2.81. The molecule has 0 bridgehead atoms. The van der Waals surface area contributed by atoms with Gasteiger partial charge in [-0.1, -0.05) is 18.2 Å². The summed E-state index contributed by atoms with van der Waals surface area (Å²) >= 11 is 0. The fraction of sp³-hybridized carbons (Fsp3) is 0.0435. The van der Waals surface area contributed by atoms with Gasteiger partial charge >= 0.3 is 17.8 Å². The molecule has 0 saturated heterocycles. The molecule has 2 amide bonds. The number of anilines is 1. The van der Waals surface area contributed by atoms with Crippen LogP contribution in [0.4, 0.5) is 10.1 Å². The SMILES string of the molecule is COc1cc(/C=N/NC(=O)C(=O)Nc2ccc(F)cc2)ccc1OC(=O)c1ccccc1. The first kappa shape index (κ1) is 22.2. The summed E-state index contributed by atoms with van der Waals surface area (Å²) in [5.74, 6) is -2.49. The number of carbonyl (C=O) groups excluding carboxylic acids is 3. The van der Waals surface area contributed by atoms with Gasteiger partial charge in [0.25, 0.3) is 0 Å². The van der Waals surface area contributed by atoms with Crippen LogP contribution in [0, 0.1) is 5.82 Å². The molecule has 2 N–H and O–H groups in total. The minimum absolute atomic E-state index is 0.209.